The molecule has 4 rings (SSSR count). The summed E-state index contributed by atoms with van der Waals surface area (Å²) in [7, 11) is 3.12. The summed E-state index contributed by atoms with van der Waals surface area (Å²) < 4.78 is 22.1. The minimum absolute atomic E-state index is 0.231. The molecule has 0 bridgehead atoms. The summed E-state index contributed by atoms with van der Waals surface area (Å²) in [5.41, 5.74) is 2.88. The van der Waals surface area contributed by atoms with Crippen molar-refractivity contribution < 1.29 is 28.3 Å². The van der Waals surface area contributed by atoms with Gasteiger partial charge in [0.25, 0.3) is 5.91 Å². The molecule has 0 saturated heterocycles. The molecule has 1 N–H and O–H groups in total. The van der Waals surface area contributed by atoms with Crippen molar-refractivity contribution in [3.63, 3.8) is 0 Å². The molecular weight excluding hydrogens is 452 g/mol. The molecule has 0 saturated carbocycles. The summed E-state index contributed by atoms with van der Waals surface area (Å²) in [6.45, 7) is -0.470. The highest BCUT2D eigenvalue weighted by molar-refractivity contribution is 5.94. The Morgan fingerprint density at radius 2 is 1.86 bits per heavy atom. The first-order valence-corrected chi connectivity index (χ1v) is 10.5. The van der Waals surface area contributed by atoms with E-state index in [0.717, 1.165) is 11.3 Å². The molecule has 178 valence electrons. The standard InChI is InChI=1S/C25H22N4O6/c1-32-20-10-8-17(14-21(20)33-2)25-18(15-29(27-25)19-6-4-3-5-7-19)9-11-24(31)34-16-23(30)26-22-12-13-35-28-22/h3-15H,16H2,1-2H3,(H,26,28,30)/b11-9+. The Balaban J connectivity index is 1.56. The predicted octanol–water partition coefficient (Wildman–Crippen LogP) is 3.74. The number of aromatic nitrogens is 3. The molecular formula is C25H22N4O6. The summed E-state index contributed by atoms with van der Waals surface area (Å²) in [6, 6.07) is 16.5. The molecule has 10 heteroatoms. The lowest BCUT2D eigenvalue weighted by Gasteiger charge is -2.09. The third-order valence-electron chi connectivity index (χ3n) is 4.87. The molecule has 2 aromatic carbocycles. The number of benzene rings is 2. The van der Waals surface area contributed by atoms with Gasteiger partial charge in [0, 0.05) is 29.5 Å². The van der Waals surface area contributed by atoms with Crippen molar-refractivity contribution in [2.24, 2.45) is 0 Å². The fraction of sp³-hybridized carbons (Fsp3) is 0.120. The van der Waals surface area contributed by atoms with Crippen molar-refractivity contribution in [3.8, 4) is 28.4 Å². The van der Waals surface area contributed by atoms with Crippen LogP contribution in [0.4, 0.5) is 5.82 Å². The van der Waals surface area contributed by atoms with E-state index in [1.165, 1.54) is 18.4 Å². The molecule has 35 heavy (non-hydrogen) atoms. The highest BCUT2D eigenvalue weighted by Crippen LogP contribution is 2.33. The summed E-state index contributed by atoms with van der Waals surface area (Å²) in [6.07, 6.45) is 5.93. The number of carbonyl (C=O) groups excluding carboxylic acids is 2. The highest BCUT2D eigenvalue weighted by atomic mass is 16.5. The minimum atomic E-state index is -0.689. The normalized spacial score (nSPS) is 10.8. The van der Waals surface area contributed by atoms with Crippen molar-refractivity contribution in [1.29, 1.82) is 0 Å². The largest absolute Gasteiger partial charge is 0.493 e. The van der Waals surface area contributed by atoms with Gasteiger partial charge < -0.3 is 24.1 Å². The van der Waals surface area contributed by atoms with Gasteiger partial charge in [0.15, 0.2) is 23.9 Å². The van der Waals surface area contributed by atoms with E-state index in [9.17, 15) is 9.59 Å². The Morgan fingerprint density at radius 1 is 1.06 bits per heavy atom. The number of carbonyl (C=O) groups is 2. The van der Waals surface area contributed by atoms with Crippen molar-refractivity contribution in [1.82, 2.24) is 14.9 Å². The highest BCUT2D eigenvalue weighted by Gasteiger charge is 2.14. The molecule has 2 aromatic heterocycles. The second-order valence-corrected chi connectivity index (χ2v) is 7.16. The van der Waals surface area contributed by atoms with Crippen LogP contribution in [0.1, 0.15) is 5.56 Å². The maximum absolute atomic E-state index is 12.2. The quantitative estimate of drug-likeness (QED) is 0.288. The summed E-state index contributed by atoms with van der Waals surface area (Å²) in [5.74, 6) is 0.138. The van der Waals surface area contributed by atoms with Crippen LogP contribution in [0, 0.1) is 0 Å². The van der Waals surface area contributed by atoms with Crippen LogP contribution in [0.15, 0.2) is 77.7 Å². The van der Waals surface area contributed by atoms with Gasteiger partial charge in [-0.05, 0) is 36.4 Å². The van der Waals surface area contributed by atoms with Gasteiger partial charge in [-0.2, -0.15) is 5.10 Å². The second kappa shape index (κ2) is 10.8. The smallest absolute Gasteiger partial charge is 0.331 e. The van der Waals surface area contributed by atoms with Crippen LogP contribution in [0.25, 0.3) is 23.0 Å². The first-order chi connectivity index (χ1) is 17.1. The number of anilines is 1. The second-order valence-electron chi connectivity index (χ2n) is 7.16. The molecule has 0 radical (unpaired) electrons. The number of amides is 1. The van der Waals surface area contributed by atoms with Gasteiger partial charge in [-0.25, -0.2) is 9.48 Å². The number of nitrogens with zero attached hydrogens (tertiary/aromatic N) is 3. The lowest BCUT2D eigenvalue weighted by molar-refractivity contribution is -0.142. The van der Waals surface area contributed by atoms with E-state index in [1.807, 2.05) is 36.4 Å². The zero-order valence-corrected chi connectivity index (χ0v) is 19.0. The maximum Gasteiger partial charge on any atom is 0.331 e. The summed E-state index contributed by atoms with van der Waals surface area (Å²) in [5, 5.41) is 10.7. The summed E-state index contributed by atoms with van der Waals surface area (Å²) >= 11 is 0. The van der Waals surface area contributed by atoms with Gasteiger partial charge in [-0.15, -0.1) is 0 Å². The number of nitrogens with one attached hydrogen (secondary N) is 1. The van der Waals surface area contributed by atoms with E-state index in [-0.39, 0.29) is 5.82 Å². The Bertz CT molecular complexity index is 1330. The van der Waals surface area contributed by atoms with Gasteiger partial charge in [0.1, 0.15) is 12.0 Å². The van der Waals surface area contributed by atoms with E-state index < -0.39 is 18.5 Å². The number of rotatable bonds is 9. The SMILES string of the molecule is COc1ccc(-c2nn(-c3ccccc3)cc2/C=C/C(=O)OCC(=O)Nc2ccon2)cc1OC. The number of ether oxygens (including phenoxy) is 3. The number of esters is 1. The molecule has 2 heterocycles. The van der Waals surface area contributed by atoms with E-state index in [2.05, 4.69) is 15.0 Å². The lowest BCUT2D eigenvalue weighted by Crippen LogP contribution is -2.20. The van der Waals surface area contributed by atoms with Crippen molar-refractivity contribution in [2.45, 2.75) is 0 Å². The topological polar surface area (TPSA) is 118 Å². The molecule has 0 fully saturated rings. The van der Waals surface area contributed by atoms with Crippen LogP contribution < -0.4 is 14.8 Å². The van der Waals surface area contributed by atoms with E-state index in [0.29, 0.717) is 22.8 Å². The van der Waals surface area contributed by atoms with Crippen LogP contribution in [-0.4, -0.2) is 47.6 Å². The third kappa shape index (κ3) is 5.74. The van der Waals surface area contributed by atoms with Crippen molar-refractivity contribution in [2.75, 3.05) is 26.1 Å². The van der Waals surface area contributed by atoms with Gasteiger partial charge in [0.2, 0.25) is 0 Å². The van der Waals surface area contributed by atoms with Gasteiger partial charge in [0.05, 0.1) is 19.9 Å². The van der Waals surface area contributed by atoms with E-state index in [4.69, 9.17) is 19.3 Å². The van der Waals surface area contributed by atoms with Crippen LogP contribution in [-0.2, 0) is 14.3 Å². The minimum Gasteiger partial charge on any atom is -0.493 e. The van der Waals surface area contributed by atoms with Gasteiger partial charge in [-0.1, -0.05) is 23.4 Å². The zero-order chi connectivity index (χ0) is 24.6. The Morgan fingerprint density at radius 3 is 2.57 bits per heavy atom. The van der Waals surface area contributed by atoms with Gasteiger partial charge in [-0.3, -0.25) is 4.79 Å². The Labute approximate surface area is 200 Å². The van der Waals surface area contributed by atoms with Gasteiger partial charge >= 0.3 is 5.97 Å². The molecule has 0 atom stereocenters. The molecule has 0 aliphatic heterocycles. The first kappa shape index (κ1) is 23.3. The molecule has 10 nitrogen and oxygen atoms in total. The first-order valence-electron chi connectivity index (χ1n) is 10.5. The Kier molecular flexibility index (Phi) is 7.22. The molecule has 0 aliphatic carbocycles. The predicted molar refractivity (Wildman–Crippen MR) is 127 cm³/mol. The molecule has 0 unspecified atom stereocenters. The number of hydrogen-bond acceptors (Lipinski definition) is 8. The van der Waals surface area contributed by atoms with E-state index in [1.54, 1.807) is 43.3 Å². The average Bonchev–Trinajstić information content (AvgIpc) is 3.56. The number of para-hydroxylation sites is 1. The fourth-order valence-electron chi connectivity index (χ4n) is 3.23. The summed E-state index contributed by atoms with van der Waals surface area (Å²) in [4.78, 5) is 24.1. The molecule has 0 aliphatic rings. The average molecular weight is 474 g/mol. The van der Waals surface area contributed by atoms with Crippen molar-refractivity contribution >= 4 is 23.8 Å². The Hall–Kier alpha value is -4.86. The monoisotopic (exact) mass is 474 g/mol. The van der Waals surface area contributed by atoms with Crippen LogP contribution >= 0.6 is 0 Å². The van der Waals surface area contributed by atoms with Crippen LogP contribution in [0.2, 0.25) is 0 Å². The molecule has 0 spiro atoms. The third-order valence-corrected chi connectivity index (χ3v) is 4.87. The molecule has 1 amide bonds. The number of hydrogen-bond donors (Lipinski definition) is 1. The van der Waals surface area contributed by atoms with Crippen molar-refractivity contribution in [3.05, 3.63) is 78.7 Å². The fourth-order valence-corrected chi connectivity index (χ4v) is 3.23. The maximum atomic E-state index is 12.2. The van der Waals surface area contributed by atoms with Crippen LogP contribution in [0.3, 0.4) is 0 Å². The number of methoxy groups -OCH3 is 2. The van der Waals surface area contributed by atoms with E-state index >= 15 is 0 Å². The molecule has 4 aromatic rings. The van der Waals surface area contributed by atoms with Crippen LogP contribution in [0.5, 0.6) is 11.5 Å². The zero-order valence-electron chi connectivity index (χ0n) is 19.0. The lowest BCUT2D eigenvalue weighted by atomic mass is 10.1.